The second kappa shape index (κ2) is 10.9. The van der Waals surface area contributed by atoms with Crippen LogP contribution in [-0.2, 0) is 11.3 Å². The minimum Gasteiger partial charge on any atom is -0.373 e. The highest BCUT2D eigenvalue weighted by Crippen LogP contribution is 2.23. The normalized spacial score (nSPS) is 20.4. The third-order valence-electron chi connectivity index (χ3n) is 4.31. The van der Waals surface area contributed by atoms with Gasteiger partial charge in [0, 0.05) is 39.8 Å². The summed E-state index contributed by atoms with van der Waals surface area (Å²) in [6.07, 6.45) is 2.20. The molecule has 0 spiro atoms. The summed E-state index contributed by atoms with van der Waals surface area (Å²) in [5.74, 6) is 0.597. The zero-order chi connectivity index (χ0) is 17.4. The number of nitrogens with zero attached hydrogens (tertiary/aromatic N) is 2. The van der Waals surface area contributed by atoms with E-state index in [9.17, 15) is 4.39 Å². The van der Waals surface area contributed by atoms with Gasteiger partial charge < -0.3 is 20.3 Å². The van der Waals surface area contributed by atoms with Crippen molar-refractivity contribution in [3.05, 3.63) is 35.6 Å². The zero-order valence-corrected chi connectivity index (χ0v) is 17.7. The molecule has 142 valence electrons. The van der Waals surface area contributed by atoms with Gasteiger partial charge in [-0.05, 0) is 44.5 Å². The van der Waals surface area contributed by atoms with Gasteiger partial charge in [0.25, 0.3) is 0 Å². The van der Waals surface area contributed by atoms with E-state index in [0.717, 1.165) is 57.2 Å². The van der Waals surface area contributed by atoms with Crippen molar-refractivity contribution in [2.24, 2.45) is 4.99 Å². The van der Waals surface area contributed by atoms with Crippen LogP contribution in [0.15, 0.2) is 29.3 Å². The summed E-state index contributed by atoms with van der Waals surface area (Å²) >= 11 is 0. The molecule has 1 aromatic carbocycles. The van der Waals surface area contributed by atoms with E-state index in [1.807, 2.05) is 12.1 Å². The largest absolute Gasteiger partial charge is 0.373 e. The molecule has 1 unspecified atom stereocenters. The smallest absolute Gasteiger partial charge is 0.191 e. The van der Waals surface area contributed by atoms with Crippen molar-refractivity contribution in [2.45, 2.75) is 31.9 Å². The van der Waals surface area contributed by atoms with Crippen LogP contribution in [0.2, 0.25) is 0 Å². The van der Waals surface area contributed by atoms with Crippen LogP contribution >= 0.6 is 24.0 Å². The third kappa shape index (κ3) is 7.87. The fourth-order valence-corrected chi connectivity index (χ4v) is 2.81. The predicted molar refractivity (Wildman–Crippen MR) is 111 cm³/mol. The SMILES string of the molecule is CN=C(NCCN(C)Cc1ccc(F)cc1)NCC1(C)CCCO1.I. The third-order valence-corrected chi connectivity index (χ3v) is 4.31. The summed E-state index contributed by atoms with van der Waals surface area (Å²) in [5, 5.41) is 6.65. The quantitative estimate of drug-likeness (QED) is 0.370. The summed E-state index contributed by atoms with van der Waals surface area (Å²) in [4.78, 5) is 6.44. The molecule has 0 aliphatic carbocycles. The van der Waals surface area contributed by atoms with Gasteiger partial charge in [0.2, 0.25) is 0 Å². The summed E-state index contributed by atoms with van der Waals surface area (Å²) in [6, 6.07) is 6.64. The molecular formula is C18H30FIN4O. The van der Waals surface area contributed by atoms with Crippen molar-refractivity contribution in [1.29, 1.82) is 0 Å². The molecule has 7 heteroatoms. The zero-order valence-electron chi connectivity index (χ0n) is 15.3. The minimum absolute atomic E-state index is 0. The molecular weight excluding hydrogens is 434 g/mol. The number of aliphatic imine (C=N–C) groups is 1. The van der Waals surface area contributed by atoms with Gasteiger partial charge in [-0.1, -0.05) is 12.1 Å². The lowest BCUT2D eigenvalue weighted by atomic mass is 10.0. The maximum absolute atomic E-state index is 12.9. The molecule has 5 nitrogen and oxygen atoms in total. The van der Waals surface area contributed by atoms with E-state index < -0.39 is 0 Å². The molecule has 0 amide bonds. The number of hydrogen-bond donors (Lipinski definition) is 2. The Labute approximate surface area is 167 Å². The number of halogens is 2. The Morgan fingerprint density at radius 2 is 2.04 bits per heavy atom. The summed E-state index contributed by atoms with van der Waals surface area (Å²) in [5.41, 5.74) is 1.02. The van der Waals surface area contributed by atoms with Gasteiger partial charge in [0.15, 0.2) is 5.96 Å². The molecule has 0 aromatic heterocycles. The number of benzene rings is 1. The standard InChI is InChI=1S/C18H29FN4O.HI/c1-18(9-4-12-24-18)14-22-17(20-2)21-10-11-23(3)13-15-5-7-16(19)8-6-15;/h5-8H,4,9-14H2,1-3H3,(H2,20,21,22);1H. The van der Waals surface area contributed by atoms with Crippen LogP contribution < -0.4 is 10.6 Å². The van der Waals surface area contributed by atoms with Gasteiger partial charge >= 0.3 is 0 Å². The van der Waals surface area contributed by atoms with Gasteiger partial charge in [0.1, 0.15) is 5.82 Å². The van der Waals surface area contributed by atoms with Gasteiger partial charge in [-0.2, -0.15) is 0 Å². The Balaban J connectivity index is 0.00000312. The van der Waals surface area contributed by atoms with Crippen LogP contribution in [0.25, 0.3) is 0 Å². The highest BCUT2D eigenvalue weighted by Gasteiger charge is 2.29. The van der Waals surface area contributed by atoms with Crippen molar-refractivity contribution in [1.82, 2.24) is 15.5 Å². The summed E-state index contributed by atoms with van der Waals surface area (Å²) in [7, 11) is 3.82. The molecule has 1 saturated heterocycles. The van der Waals surface area contributed by atoms with E-state index in [0.29, 0.717) is 0 Å². The first kappa shape index (κ1) is 22.1. The molecule has 2 rings (SSSR count). The monoisotopic (exact) mass is 464 g/mol. The Bertz CT molecular complexity index is 532. The number of guanidine groups is 1. The molecule has 0 saturated carbocycles. The van der Waals surface area contributed by atoms with E-state index in [1.165, 1.54) is 12.1 Å². The second-order valence-electron chi connectivity index (χ2n) is 6.62. The van der Waals surface area contributed by atoms with E-state index in [-0.39, 0.29) is 35.4 Å². The van der Waals surface area contributed by atoms with E-state index in [4.69, 9.17) is 4.74 Å². The van der Waals surface area contributed by atoms with E-state index in [1.54, 1.807) is 7.05 Å². The first-order valence-electron chi connectivity index (χ1n) is 8.52. The number of ether oxygens (including phenoxy) is 1. The van der Waals surface area contributed by atoms with Crippen molar-refractivity contribution in [2.75, 3.05) is 40.3 Å². The molecule has 1 atom stereocenters. The van der Waals surface area contributed by atoms with Gasteiger partial charge in [0.05, 0.1) is 5.60 Å². The number of likely N-dealkylation sites (N-methyl/N-ethyl adjacent to an activating group) is 1. The predicted octanol–water partition coefficient (Wildman–Crippen LogP) is 2.61. The van der Waals surface area contributed by atoms with Crippen molar-refractivity contribution in [3.8, 4) is 0 Å². The topological polar surface area (TPSA) is 48.9 Å². The maximum Gasteiger partial charge on any atom is 0.191 e. The molecule has 1 fully saturated rings. The highest BCUT2D eigenvalue weighted by atomic mass is 127. The number of nitrogens with one attached hydrogen (secondary N) is 2. The molecule has 1 aliphatic heterocycles. The van der Waals surface area contributed by atoms with Crippen molar-refractivity contribution in [3.63, 3.8) is 0 Å². The number of rotatable bonds is 7. The maximum atomic E-state index is 12.9. The Hall–Kier alpha value is -0.930. The molecule has 0 radical (unpaired) electrons. The lowest BCUT2D eigenvalue weighted by molar-refractivity contribution is 0.0243. The Morgan fingerprint density at radius 1 is 1.32 bits per heavy atom. The molecule has 1 aromatic rings. The Kier molecular flexibility index (Phi) is 9.66. The molecule has 25 heavy (non-hydrogen) atoms. The summed E-state index contributed by atoms with van der Waals surface area (Å²) in [6.45, 7) is 6.19. The first-order valence-corrected chi connectivity index (χ1v) is 8.52. The van der Waals surface area contributed by atoms with Crippen LogP contribution in [0, 0.1) is 5.82 Å². The molecule has 2 N–H and O–H groups in total. The van der Waals surface area contributed by atoms with Crippen LogP contribution in [-0.4, -0.2) is 56.8 Å². The number of hydrogen-bond acceptors (Lipinski definition) is 3. The van der Waals surface area contributed by atoms with E-state index >= 15 is 0 Å². The van der Waals surface area contributed by atoms with Crippen molar-refractivity contribution < 1.29 is 9.13 Å². The van der Waals surface area contributed by atoms with Crippen LogP contribution in [0.5, 0.6) is 0 Å². The molecule has 1 aliphatic rings. The Morgan fingerprint density at radius 3 is 2.64 bits per heavy atom. The minimum atomic E-state index is -0.196. The molecule has 0 bridgehead atoms. The van der Waals surface area contributed by atoms with Crippen LogP contribution in [0.3, 0.4) is 0 Å². The average molecular weight is 464 g/mol. The lowest BCUT2D eigenvalue weighted by Gasteiger charge is -2.25. The van der Waals surface area contributed by atoms with Gasteiger partial charge in [-0.3, -0.25) is 4.99 Å². The second-order valence-corrected chi connectivity index (χ2v) is 6.62. The van der Waals surface area contributed by atoms with Gasteiger partial charge in [-0.15, -0.1) is 24.0 Å². The van der Waals surface area contributed by atoms with Crippen LogP contribution in [0.1, 0.15) is 25.3 Å². The lowest BCUT2D eigenvalue weighted by Crippen LogP contribution is -2.46. The van der Waals surface area contributed by atoms with E-state index in [2.05, 4.69) is 34.5 Å². The van der Waals surface area contributed by atoms with Crippen LogP contribution in [0.4, 0.5) is 4.39 Å². The highest BCUT2D eigenvalue weighted by molar-refractivity contribution is 14.0. The fraction of sp³-hybridized carbons (Fsp3) is 0.611. The first-order chi connectivity index (χ1) is 11.5. The average Bonchev–Trinajstić information content (AvgIpc) is 3.00. The van der Waals surface area contributed by atoms with Crippen molar-refractivity contribution >= 4 is 29.9 Å². The summed E-state index contributed by atoms with van der Waals surface area (Å²) < 4.78 is 18.7. The fourth-order valence-electron chi connectivity index (χ4n) is 2.81. The molecule has 1 heterocycles. The van der Waals surface area contributed by atoms with Gasteiger partial charge in [-0.25, -0.2) is 4.39 Å².